The zero-order chi connectivity index (χ0) is 15.2. The van der Waals surface area contributed by atoms with Crippen LogP contribution in [0.3, 0.4) is 0 Å². The number of nitrogens with one attached hydrogen (secondary N) is 1. The van der Waals surface area contributed by atoms with Crippen molar-refractivity contribution in [3.05, 3.63) is 47.3 Å². The maximum Gasteiger partial charge on any atom is 0.122 e. The highest BCUT2D eigenvalue weighted by atomic mass is 16.5. The predicted octanol–water partition coefficient (Wildman–Crippen LogP) is 3.02. The Balaban J connectivity index is 2.10. The third-order valence-electron chi connectivity index (χ3n) is 3.77. The van der Waals surface area contributed by atoms with E-state index in [2.05, 4.69) is 48.7 Å². The topological polar surface area (TPSA) is 39.1 Å². The molecule has 21 heavy (non-hydrogen) atoms. The molecule has 4 nitrogen and oxygen atoms in total. The number of hydrogen-bond acceptors (Lipinski definition) is 3. The van der Waals surface area contributed by atoms with Gasteiger partial charge in [0.1, 0.15) is 5.75 Å². The molecule has 0 aliphatic carbocycles. The van der Waals surface area contributed by atoms with E-state index in [1.165, 1.54) is 16.7 Å². The Hall–Kier alpha value is -1.81. The molecule has 0 fully saturated rings. The molecule has 2 rings (SSSR count). The van der Waals surface area contributed by atoms with Crippen molar-refractivity contribution in [2.24, 2.45) is 7.05 Å². The van der Waals surface area contributed by atoms with Crippen LogP contribution in [0.2, 0.25) is 0 Å². The van der Waals surface area contributed by atoms with E-state index >= 15 is 0 Å². The van der Waals surface area contributed by atoms with Crippen LogP contribution in [0.1, 0.15) is 36.1 Å². The van der Waals surface area contributed by atoms with Crippen LogP contribution in [-0.4, -0.2) is 23.4 Å². The van der Waals surface area contributed by atoms with E-state index < -0.39 is 0 Å². The van der Waals surface area contributed by atoms with Crippen molar-refractivity contribution in [3.63, 3.8) is 0 Å². The lowest BCUT2D eigenvalue weighted by Gasteiger charge is -2.19. The summed E-state index contributed by atoms with van der Waals surface area (Å²) in [7, 11) is 3.68. The third-order valence-corrected chi connectivity index (χ3v) is 3.77. The molecule has 1 atom stereocenters. The first-order chi connectivity index (χ1) is 10.1. The zero-order valence-corrected chi connectivity index (χ0v) is 13.4. The molecule has 0 aliphatic rings. The van der Waals surface area contributed by atoms with Crippen LogP contribution in [-0.2, 0) is 13.5 Å². The molecule has 4 heteroatoms. The fraction of sp³-hybridized carbons (Fsp3) is 0.471. The molecule has 0 bridgehead atoms. The largest absolute Gasteiger partial charge is 0.496 e. The summed E-state index contributed by atoms with van der Waals surface area (Å²) in [5.41, 5.74) is 3.73. The number of aryl methyl sites for hydroxylation is 3. The van der Waals surface area contributed by atoms with Gasteiger partial charge in [-0.3, -0.25) is 4.68 Å². The van der Waals surface area contributed by atoms with Gasteiger partial charge in [0, 0.05) is 19.3 Å². The minimum Gasteiger partial charge on any atom is -0.496 e. The Morgan fingerprint density at radius 3 is 2.81 bits per heavy atom. The Morgan fingerprint density at radius 1 is 1.38 bits per heavy atom. The standard InChI is InChI=1S/C17H25N3O/c1-5-18-16(9-7-14-11-19-20(3)12-14)15-8-6-13(2)17(10-15)21-4/h6,8,10-12,16,18H,5,7,9H2,1-4H3. The third kappa shape index (κ3) is 4.08. The Kier molecular flexibility index (Phi) is 5.39. The molecule has 2 aromatic rings. The fourth-order valence-electron chi connectivity index (χ4n) is 2.60. The number of methoxy groups -OCH3 is 1. The first-order valence-electron chi connectivity index (χ1n) is 7.49. The quantitative estimate of drug-likeness (QED) is 0.851. The van der Waals surface area contributed by atoms with Crippen LogP contribution >= 0.6 is 0 Å². The second-order valence-electron chi connectivity index (χ2n) is 5.40. The van der Waals surface area contributed by atoms with Crippen LogP contribution < -0.4 is 10.1 Å². The Labute approximate surface area is 127 Å². The van der Waals surface area contributed by atoms with Crippen molar-refractivity contribution in [1.29, 1.82) is 0 Å². The van der Waals surface area contributed by atoms with Crippen molar-refractivity contribution in [3.8, 4) is 5.75 Å². The lowest BCUT2D eigenvalue weighted by molar-refractivity contribution is 0.409. The minimum absolute atomic E-state index is 0.338. The summed E-state index contributed by atoms with van der Waals surface area (Å²) in [5, 5.41) is 7.79. The molecular formula is C17H25N3O. The van der Waals surface area contributed by atoms with Crippen LogP contribution in [0.15, 0.2) is 30.6 Å². The number of benzene rings is 1. The van der Waals surface area contributed by atoms with E-state index in [-0.39, 0.29) is 0 Å². The highest BCUT2D eigenvalue weighted by Crippen LogP contribution is 2.26. The predicted molar refractivity (Wildman–Crippen MR) is 85.7 cm³/mol. The minimum atomic E-state index is 0.338. The number of aromatic nitrogens is 2. The van der Waals surface area contributed by atoms with Gasteiger partial charge in [-0.1, -0.05) is 19.1 Å². The first-order valence-corrected chi connectivity index (χ1v) is 7.49. The first kappa shape index (κ1) is 15.6. The van der Waals surface area contributed by atoms with E-state index in [9.17, 15) is 0 Å². The van der Waals surface area contributed by atoms with Crippen molar-refractivity contribution >= 4 is 0 Å². The van der Waals surface area contributed by atoms with Gasteiger partial charge in [-0.15, -0.1) is 0 Å². The van der Waals surface area contributed by atoms with Crippen molar-refractivity contribution in [1.82, 2.24) is 15.1 Å². The molecule has 1 heterocycles. The highest BCUT2D eigenvalue weighted by molar-refractivity contribution is 5.37. The second kappa shape index (κ2) is 7.27. The molecule has 114 valence electrons. The van der Waals surface area contributed by atoms with Crippen molar-refractivity contribution < 1.29 is 4.74 Å². The van der Waals surface area contributed by atoms with Crippen LogP contribution in [0.25, 0.3) is 0 Å². The van der Waals surface area contributed by atoms with Crippen molar-refractivity contribution in [2.75, 3.05) is 13.7 Å². The Bertz CT molecular complexity index is 577. The van der Waals surface area contributed by atoms with Crippen LogP contribution in [0.4, 0.5) is 0 Å². The van der Waals surface area contributed by atoms with Gasteiger partial charge in [-0.2, -0.15) is 5.10 Å². The van der Waals surface area contributed by atoms with E-state index in [1.807, 2.05) is 17.9 Å². The van der Waals surface area contributed by atoms with Gasteiger partial charge in [-0.05, 0) is 49.1 Å². The average molecular weight is 287 g/mol. The van der Waals surface area contributed by atoms with Gasteiger partial charge in [0.2, 0.25) is 0 Å². The highest BCUT2D eigenvalue weighted by Gasteiger charge is 2.12. The molecule has 0 amide bonds. The molecule has 0 saturated carbocycles. The molecule has 1 N–H and O–H groups in total. The van der Waals surface area contributed by atoms with E-state index in [4.69, 9.17) is 4.74 Å². The molecule has 1 unspecified atom stereocenters. The van der Waals surface area contributed by atoms with Gasteiger partial charge in [-0.25, -0.2) is 0 Å². The van der Waals surface area contributed by atoms with E-state index in [1.54, 1.807) is 7.11 Å². The maximum absolute atomic E-state index is 5.44. The summed E-state index contributed by atoms with van der Waals surface area (Å²) in [5.74, 6) is 0.955. The molecule has 0 aliphatic heterocycles. The molecule has 1 aromatic carbocycles. The smallest absolute Gasteiger partial charge is 0.122 e. The number of rotatable bonds is 7. The summed E-state index contributed by atoms with van der Waals surface area (Å²) in [6, 6.07) is 6.80. The summed E-state index contributed by atoms with van der Waals surface area (Å²) in [6.07, 6.45) is 6.09. The lowest BCUT2D eigenvalue weighted by atomic mass is 9.98. The molecular weight excluding hydrogens is 262 g/mol. The lowest BCUT2D eigenvalue weighted by Crippen LogP contribution is -2.21. The summed E-state index contributed by atoms with van der Waals surface area (Å²) in [4.78, 5) is 0. The number of hydrogen-bond donors (Lipinski definition) is 1. The average Bonchev–Trinajstić information content (AvgIpc) is 2.90. The molecule has 0 saturated heterocycles. The van der Waals surface area contributed by atoms with Gasteiger partial charge >= 0.3 is 0 Å². The molecule has 0 radical (unpaired) electrons. The fourth-order valence-corrected chi connectivity index (χ4v) is 2.60. The summed E-state index contributed by atoms with van der Waals surface area (Å²) < 4.78 is 7.29. The van der Waals surface area contributed by atoms with Crippen LogP contribution in [0.5, 0.6) is 5.75 Å². The summed E-state index contributed by atoms with van der Waals surface area (Å²) >= 11 is 0. The molecule has 0 spiro atoms. The number of nitrogens with zero attached hydrogens (tertiary/aromatic N) is 2. The SMILES string of the molecule is CCNC(CCc1cnn(C)c1)c1ccc(C)c(OC)c1. The van der Waals surface area contributed by atoms with Gasteiger partial charge < -0.3 is 10.1 Å². The molecule has 1 aromatic heterocycles. The van der Waals surface area contributed by atoms with Gasteiger partial charge in [0.05, 0.1) is 13.3 Å². The van der Waals surface area contributed by atoms with Crippen LogP contribution in [0, 0.1) is 6.92 Å². The van der Waals surface area contributed by atoms with E-state index in [0.29, 0.717) is 6.04 Å². The van der Waals surface area contributed by atoms with Gasteiger partial charge in [0.25, 0.3) is 0 Å². The summed E-state index contributed by atoms with van der Waals surface area (Å²) in [6.45, 7) is 5.16. The van der Waals surface area contributed by atoms with E-state index in [0.717, 1.165) is 25.1 Å². The Morgan fingerprint density at radius 2 is 2.19 bits per heavy atom. The van der Waals surface area contributed by atoms with Crippen molar-refractivity contribution in [2.45, 2.75) is 32.7 Å². The normalized spacial score (nSPS) is 12.4. The van der Waals surface area contributed by atoms with Gasteiger partial charge in [0.15, 0.2) is 0 Å². The maximum atomic E-state index is 5.44. The number of ether oxygens (including phenoxy) is 1. The monoisotopic (exact) mass is 287 g/mol. The second-order valence-corrected chi connectivity index (χ2v) is 5.40. The zero-order valence-electron chi connectivity index (χ0n) is 13.4.